The van der Waals surface area contributed by atoms with Gasteiger partial charge >= 0.3 is 5.97 Å². The maximum absolute atomic E-state index is 12.3. The Bertz CT molecular complexity index is 867. The molecule has 0 saturated carbocycles. The number of hydrogen-bond acceptors (Lipinski definition) is 6. The van der Waals surface area contributed by atoms with E-state index in [-0.39, 0.29) is 10.8 Å². The van der Waals surface area contributed by atoms with Gasteiger partial charge in [0.1, 0.15) is 19.0 Å². The van der Waals surface area contributed by atoms with Crippen LogP contribution in [-0.2, 0) is 9.53 Å². The molecule has 0 spiro atoms. The van der Waals surface area contributed by atoms with E-state index in [0.717, 1.165) is 0 Å². The van der Waals surface area contributed by atoms with Crippen molar-refractivity contribution >= 4 is 35.0 Å². The summed E-state index contributed by atoms with van der Waals surface area (Å²) in [6.07, 6.45) is -0.947. The summed E-state index contributed by atoms with van der Waals surface area (Å²) in [4.78, 5) is 24.3. The second-order valence-corrected chi connectivity index (χ2v) is 6.57. The van der Waals surface area contributed by atoms with E-state index in [1.165, 1.54) is 13.0 Å². The van der Waals surface area contributed by atoms with Crippen LogP contribution in [0.25, 0.3) is 0 Å². The standard InChI is InChI=1S/C19H16Cl2O6/c1-11(27-16-5-3-13(20)9-14(16)21)19(23)26-10-15(22)12-2-4-17-18(8-12)25-7-6-24-17/h2-5,8-9,11H,6-7,10H2,1H3/t11-/m1/s1. The molecule has 0 bridgehead atoms. The van der Waals surface area contributed by atoms with E-state index in [1.807, 2.05) is 0 Å². The molecule has 27 heavy (non-hydrogen) atoms. The Morgan fingerprint density at radius 1 is 1.07 bits per heavy atom. The number of rotatable bonds is 6. The van der Waals surface area contributed by atoms with Crippen molar-refractivity contribution in [3.8, 4) is 17.2 Å². The van der Waals surface area contributed by atoms with Gasteiger partial charge in [-0.05, 0) is 43.3 Å². The molecule has 0 fully saturated rings. The summed E-state index contributed by atoms with van der Waals surface area (Å²) in [5, 5.41) is 0.724. The van der Waals surface area contributed by atoms with Gasteiger partial charge in [-0.15, -0.1) is 0 Å². The molecule has 1 heterocycles. The van der Waals surface area contributed by atoms with E-state index in [1.54, 1.807) is 30.3 Å². The Labute approximate surface area is 165 Å². The number of hydrogen-bond donors (Lipinski definition) is 0. The van der Waals surface area contributed by atoms with E-state index in [2.05, 4.69) is 0 Å². The highest BCUT2D eigenvalue weighted by Crippen LogP contribution is 2.31. The zero-order valence-electron chi connectivity index (χ0n) is 14.4. The van der Waals surface area contributed by atoms with Crippen LogP contribution in [-0.4, -0.2) is 37.7 Å². The number of halogens is 2. The Morgan fingerprint density at radius 2 is 1.81 bits per heavy atom. The van der Waals surface area contributed by atoms with Crippen molar-refractivity contribution in [3.05, 3.63) is 52.0 Å². The van der Waals surface area contributed by atoms with Gasteiger partial charge < -0.3 is 18.9 Å². The maximum atomic E-state index is 12.3. The molecule has 6 nitrogen and oxygen atoms in total. The zero-order valence-corrected chi connectivity index (χ0v) is 15.9. The number of carbonyl (C=O) groups is 2. The molecule has 0 aromatic heterocycles. The Morgan fingerprint density at radius 3 is 2.56 bits per heavy atom. The van der Waals surface area contributed by atoms with E-state index in [9.17, 15) is 9.59 Å². The monoisotopic (exact) mass is 410 g/mol. The molecule has 0 radical (unpaired) electrons. The molecule has 2 aromatic carbocycles. The van der Waals surface area contributed by atoms with Gasteiger partial charge in [0.25, 0.3) is 0 Å². The lowest BCUT2D eigenvalue weighted by molar-refractivity contribution is -0.149. The Balaban J connectivity index is 1.55. The quantitative estimate of drug-likeness (QED) is 0.530. The molecule has 142 valence electrons. The molecule has 0 N–H and O–H groups in total. The van der Waals surface area contributed by atoms with Gasteiger partial charge in [0.15, 0.2) is 30.0 Å². The van der Waals surface area contributed by atoms with Gasteiger partial charge in [-0.1, -0.05) is 23.2 Å². The molecular weight excluding hydrogens is 395 g/mol. The number of fused-ring (bicyclic) bond motifs is 1. The third-order valence-electron chi connectivity index (χ3n) is 3.74. The van der Waals surface area contributed by atoms with Crippen molar-refractivity contribution in [2.24, 2.45) is 0 Å². The van der Waals surface area contributed by atoms with Gasteiger partial charge in [0.2, 0.25) is 0 Å². The third-order valence-corrected chi connectivity index (χ3v) is 4.27. The minimum absolute atomic E-state index is 0.273. The van der Waals surface area contributed by atoms with E-state index in [4.69, 9.17) is 42.1 Å². The second kappa shape index (κ2) is 8.50. The molecule has 0 amide bonds. The number of carbonyl (C=O) groups excluding carboxylic acids is 2. The highest BCUT2D eigenvalue weighted by atomic mass is 35.5. The van der Waals surface area contributed by atoms with E-state index >= 15 is 0 Å². The van der Waals surface area contributed by atoms with Gasteiger partial charge in [-0.2, -0.15) is 0 Å². The van der Waals surface area contributed by atoms with Crippen LogP contribution in [0.1, 0.15) is 17.3 Å². The topological polar surface area (TPSA) is 71.1 Å². The SMILES string of the molecule is C[C@@H](Oc1ccc(Cl)cc1Cl)C(=O)OCC(=O)c1ccc2c(c1)OCCO2. The number of ketones is 1. The van der Waals surface area contributed by atoms with Crippen molar-refractivity contribution in [2.75, 3.05) is 19.8 Å². The first kappa shape index (κ1) is 19.3. The van der Waals surface area contributed by atoms with Gasteiger partial charge in [0.05, 0.1) is 5.02 Å². The Hall–Kier alpha value is -2.44. The minimum Gasteiger partial charge on any atom is -0.486 e. The van der Waals surface area contributed by atoms with Crippen LogP contribution in [0.3, 0.4) is 0 Å². The van der Waals surface area contributed by atoms with Crippen molar-refractivity contribution in [1.29, 1.82) is 0 Å². The molecule has 3 rings (SSSR count). The number of benzene rings is 2. The van der Waals surface area contributed by atoms with Crippen molar-refractivity contribution in [2.45, 2.75) is 13.0 Å². The largest absolute Gasteiger partial charge is 0.486 e. The molecule has 0 saturated heterocycles. The average Bonchev–Trinajstić information content (AvgIpc) is 2.67. The molecule has 1 aliphatic heterocycles. The van der Waals surface area contributed by atoms with Crippen LogP contribution in [0.5, 0.6) is 17.2 Å². The summed E-state index contributed by atoms with van der Waals surface area (Å²) >= 11 is 11.8. The van der Waals surface area contributed by atoms with Crippen molar-refractivity contribution in [3.63, 3.8) is 0 Å². The van der Waals surface area contributed by atoms with Gasteiger partial charge in [-0.25, -0.2) is 4.79 Å². The predicted octanol–water partition coefficient (Wildman–Crippen LogP) is 3.96. The summed E-state index contributed by atoms with van der Waals surface area (Å²) < 4.78 is 21.3. The van der Waals surface area contributed by atoms with Gasteiger partial charge in [0, 0.05) is 10.6 Å². The zero-order chi connectivity index (χ0) is 19.4. The third kappa shape index (κ3) is 4.84. The molecular formula is C19H16Cl2O6. The molecule has 0 unspecified atom stereocenters. The lowest BCUT2D eigenvalue weighted by Gasteiger charge is -2.18. The van der Waals surface area contributed by atoms with Crippen molar-refractivity contribution < 1.29 is 28.5 Å². The smallest absolute Gasteiger partial charge is 0.347 e. The molecule has 2 aromatic rings. The first-order valence-electron chi connectivity index (χ1n) is 8.15. The van der Waals surface area contributed by atoms with Crippen LogP contribution < -0.4 is 14.2 Å². The fourth-order valence-corrected chi connectivity index (χ4v) is 2.82. The first-order valence-corrected chi connectivity index (χ1v) is 8.91. The normalized spacial score (nSPS) is 13.6. The highest BCUT2D eigenvalue weighted by Gasteiger charge is 2.20. The summed E-state index contributed by atoms with van der Waals surface area (Å²) in [5.74, 6) is 0.316. The first-order chi connectivity index (χ1) is 12.9. The number of ether oxygens (including phenoxy) is 4. The fourth-order valence-electron chi connectivity index (χ4n) is 2.36. The van der Waals surface area contributed by atoms with Crippen LogP contribution in [0.4, 0.5) is 0 Å². The van der Waals surface area contributed by atoms with Crippen LogP contribution in [0, 0.1) is 0 Å². The van der Waals surface area contributed by atoms with E-state index < -0.39 is 18.7 Å². The average molecular weight is 411 g/mol. The molecule has 1 aliphatic rings. The maximum Gasteiger partial charge on any atom is 0.347 e. The van der Waals surface area contributed by atoms with E-state index in [0.29, 0.717) is 41.0 Å². The molecule has 1 atom stereocenters. The summed E-state index contributed by atoms with van der Waals surface area (Å²) in [5.41, 5.74) is 0.362. The summed E-state index contributed by atoms with van der Waals surface area (Å²) in [6.45, 7) is 1.97. The van der Waals surface area contributed by atoms with Gasteiger partial charge in [-0.3, -0.25) is 4.79 Å². The summed E-state index contributed by atoms with van der Waals surface area (Å²) in [7, 11) is 0. The minimum atomic E-state index is -0.947. The molecule has 0 aliphatic carbocycles. The number of Topliss-reactive ketones (excluding diaryl/α,β-unsaturated/α-hetero) is 1. The van der Waals surface area contributed by atoms with Crippen LogP contribution in [0.15, 0.2) is 36.4 Å². The molecule has 8 heteroatoms. The predicted molar refractivity (Wildman–Crippen MR) is 99.3 cm³/mol. The fraction of sp³-hybridized carbons (Fsp3) is 0.263. The van der Waals surface area contributed by atoms with Crippen LogP contribution >= 0.6 is 23.2 Å². The Kier molecular flexibility index (Phi) is 6.08. The second-order valence-electron chi connectivity index (χ2n) is 5.72. The van der Waals surface area contributed by atoms with Crippen molar-refractivity contribution in [1.82, 2.24) is 0 Å². The number of esters is 1. The lowest BCUT2D eigenvalue weighted by Crippen LogP contribution is -2.28. The highest BCUT2D eigenvalue weighted by molar-refractivity contribution is 6.35. The van der Waals surface area contributed by atoms with Crippen LogP contribution in [0.2, 0.25) is 10.0 Å². The summed E-state index contributed by atoms with van der Waals surface area (Å²) in [6, 6.07) is 9.45. The lowest BCUT2D eigenvalue weighted by atomic mass is 10.1.